The molecule has 168 valence electrons. The SMILES string of the molecule is CC(=O)Nc1cc(-c2c(-c3ccc(F)cc3)[n+]([O-])cn2CCCN2CCOCC2)ccn1. The summed E-state index contributed by atoms with van der Waals surface area (Å²) in [6, 6.07) is 9.40. The highest BCUT2D eigenvalue weighted by Crippen LogP contribution is 2.31. The van der Waals surface area contributed by atoms with E-state index in [-0.39, 0.29) is 11.7 Å². The van der Waals surface area contributed by atoms with Crippen molar-refractivity contribution in [1.82, 2.24) is 14.5 Å². The number of pyridine rings is 1. The average molecular weight is 439 g/mol. The van der Waals surface area contributed by atoms with Gasteiger partial charge in [-0.05, 0) is 42.8 Å². The van der Waals surface area contributed by atoms with Gasteiger partial charge in [-0.25, -0.2) is 18.7 Å². The minimum atomic E-state index is -0.366. The quantitative estimate of drug-likeness (QED) is 0.452. The number of benzene rings is 1. The predicted molar refractivity (Wildman–Crippen MR) is 118 cm³/mol. The largest absolute Gasteiger partial charge is 0.710 e. The molecule has 9 heteroatoms. The highest BCUT2D eigenvalue weighted by atomic mass is 19.1. The fourth-order valence-corrected chi connectivity index (χ4v) is 3.94. The van der Waals surface area contributed by atoms with Crippen molar-refractivity contribution in [2.45, 2.75) is 19.9 Å². The van der Waals surface area contributed by atoms with Crippen molar-refractivity contribution < 1.29 is 18.7 Å². The minimum absolute atomic E-state index is 0.229. The van der Waals surface area contributed by atoms with Gasteiger partial charge in [-0.15, -0.1) is 0 Å². The van der Waals surface area contributed by atoms with E-state index < -0.39 is 0 Å². The van der Waals surface area contributed by atoms with E-state index in [1.54, 1.807) is 30.5 Å². The normalized spacial score (nSPS) is 14.4. The molecule has 1 fully saturated rings. The molecule has 0 spiro atoms. The highest BCUT2D eigenvalue weighted by molar-refractivity contribution is 5.88. The maximum atomic E-state index is 13.5. The van der Waals surface area contributed by atoms with Crippen LogP contribution in [0.5, 0.6) is 0 Å². The highest BCUT2D eigenvalue weighted by Gasteiger charge is 2.24. The first-order valence-corrected chi connectivity index (χ1v) is 10.6. The molecule has 1 saturated heterocycles. The van der Waals surface area contributed by atoms with Gasteiger partial charge in [-0.2, -0.15) is 0 Å². The van der Waals surface area contributed by atoms with Crippen LogP contribution in [0.3, 0.4) is 0 Å². The predicted octanol–water partition coefficient (Wildman–Crippen LogP) is 2.67. The zero-order valence-corrected chi connectivity index (χ0v) is 18.0. The Kier molecular flexibility index (Phi) is 6.77. The average Bonchev–Trinajstić information content (AvgIpc) is 3.11. The summed E-state index contributed by atoms with van der Waals surface area (Å²) in [5, 5.41) is 15.6. The standard InChI is InChI=1S/C23H26FN5O3/c1-17(30)26-21-15-19(7-8-25-21)22-23(18-3-5-20(24)6-4-18)29(31)16-28(22)10-2-9-27-11-13-32-14-12-27/h3-8,15-16H,2,9-14H2,1H3,(H,25,26,30). The first-order valence-electron chi connectivity index (χ1n) is 10.6. The molecule has 0 unspecified atom stereocenters. The Labute approximate surface area is 185 Å². The van der Waals surface area contributed by atoms with Gasteiger partial charge < -0.3 is 15.3 Å². The van der Waals surface area contributed by atoms with Crippen molar-refractivity contribution >= 4 is 11.7 Å². The minimum Gasteiger partial charge on any atom is -0.710 e. The van der Waals surface area contributed by atoms with Gasteiger partial charge in [0.1, 0.15) is 11.6 Å². The second-order valence-corrected chi connectivity index (χ2v) is 7.76. The first-order chi connectivity index (χ1) is 15.5. The number of aryl methyl sites for hydroxylation is 1. The molecule has 8 nitrogen and oxygen atoms in total. The van der Waals surface area contributed by atoms with Crippen LogP contribution in [0.15, 0.2) is 48.9 Å². The molecular weight excluding hydrogens is 413 g/mol. The lowest BCUT2D eigenvalue weighted by atomic mass is 10.0. The van der Waals surface area contributed by atoms with Crippen LogP contribution in [0.25, 0.3) is 22.5 Å². The molecule has 0 atom stereocenters. The van der Waals surface area contributed by atoms with Crippen LogP contribution in [0.1, 0.15) is 13.3 Å². The number of amides is 1. The number of anilines is 1. The van der Waals surface area contributed by atoms with Crippen molar-refractivity contribution in [3.63, 3.8) is 0 Å². The molecule has 1 N–H and O–H groups in total. The Morgan fingerprint density at radius 3 is 2.66 bits per heavy atom. The molecular formula is C23H26FN5O3. The fourth-order valence-electron chi connectivity index (χ4n) is 3.94. The number of ether oxygens (including phenoxy) is 1. The molecule has 0 saturated carbocycles. The van der Waals surface area contributed by atoms with E-state index >= 15 is 0 Å². The molecule has 3 heterocycles. The Morgan fingerprint density at radius 2 is 1.94 bits per heavy atom. The summed E-state index contributed by atoms with van der Waals surface area (Å²) in [6.45, 7) is 6.25. The smallest absolute Gasteiger partial charge is 0.247 e. The molecule has 2 aromatic heterocycles. The molecule has 3 aromatic rings. The van der Waals surface area contributed by atoms with Crippen molar-refractivity contribution in [2.24, 2.45) is 0 Å². The molecule has 1 aliphatic heterocycles. The Balaban J connectivity index is 1.69. The van der Waals surface area contributed by atoms with Crippen molar-refractivity contribution in [1.29, 1.82) is 0 Å². The molecule has 0 radical (unpaired) electrons. The van der Waals surface area contributed by atoms with E-state index in [0.29, 0.717) is 29.3 Å². The Morgan fingerprint density at radius 1 is 1.19 bits per heavy atom. The molecule has 0 bridgehead atoms. The number of hydrogen-bond acceptors (Lipinski definition) is 5. The topological polar surface area (TPSA) is 86.3 Å². The maximum Gasteiger partial charge on any atom is 0.247 e. The lowest BCUT2D eigenvalue weighted by Gasteiger charge is -2.26. The molecule has 1 aliphatic rings. The molecule has 0 aliphatic carbocycles. The first kappa shape index (κ1) is 21.9. The summed E-state index contributed by atoms with van der Waals surface area (Å²) in [4.78, 5) is 18.0. The van der Waals surface area contributed by atoms with Crippen LogP contribution < -0.4 is 10.0 Å². The lowest BCUT2D eigenvalue weighted by molar-refractivity contribution is -0.593. The monoisotopic (exact) mass is 439 g/mol. The van der Waals surface area contributed by atoms with E-state index in [1.807, 2.05) is 4.57 Å². The molecule has 32 heavy (non-hydrogen) atoms. The number of rotatable bonds is 7. The third-order valence-electron chi connectivity index (χ3n) is 5.41. The third kappa shape index (κ3) is 5.12. The number of morpholine rings is 1. The second kappa shape index (κ2) is 9.88. The number of carbonyl (C=O) groups excluding carboxylic acids is 1. The van der Waals surface area contributed by atoms with Gasteiger partial charge >= 0.3 is 0 Å². The fraction of sp³-hybridized carbons (Fsp3) is 0.348. The van der Waals surface area contributed by atoms with Gasteiger partial charge in [0.25, 0.3) is 0 Å². The summed E-state index contributed by atoms with van der Waals surface area (Å²) in [6.07, 6.45) is 3.97. The molecule has 1 amide bonds. The number of aromatic nitrogens is 3. The number of nitrogens with zero attached hydrogens (tertiary/aromatic N) is 4. The van der Waals surface area contributed by atoms with Crippen LogP contribution in [-0.4, -0.2) is 53.2 Å². The maximum absolute atomic E-state index is 13.5. The Bertz CT molecular complexity index is 1080. The number of imidazole rings is 1. The van der Waals surface area contributed by atoms with Crippen LogP contribution in [0.4, 0.5) is 10.2 Å². The lowest BCUT2D eigenvalue weighted by Crippen LogP contribution is -2.37. The third-order valence-corrected chi connectivity index (χ3v) is 5.41. The summed E-state index contributed by atoms with van der Waals surface area (Å²) in [5.74, 6) is -0.193. The summed E-state index contributed by atoms with van der Waals surface area (Å²) < 4.78 is 21.6. The van der Waals surface area contributed by atoms with E-state index in [1.165, 1.54) is 25.4 Å². The molecule has 1 aromatic carbocycles. The van der Waals surface area contributed by atoms with Crippen molar-refractivity contribution in [3.8, 4) is 22.5 Å². The van der Waals surface area contributed by atoms with Gasteiger partial charge in [0.15, 0.2) is 11.4 Å². The van der Waals surface area contributed by atoms with Crippen molar-refractivity contribution in [2.75, 3.05) is 38.2 Å². The van der Waals surface area contributed by atoms with E-state index in [0.717, 1.165) is 49.6 Å². The van der Waals surface area contributed by atoms with E-state index in [4.69, 9.17) is 4.74 Å². The van der Waals surface area contributed by atoms with Crippen LogP contribution in [0.2, 0.25) is 0 Å². The van der Waals surface area contributed by atoms with E-state index in [2.05, 4.69) is 15.2 Å². The van der Waals surface area contributed by atoms with Crippen molar-refractivity contribution in [3.05, 3.63) is 59.9 Å². The van der Waals surface area contributed by atoms with Gasteiger partial charge in [0.05, 0.1) is 19.8 Å². The van der Waals surface area contributed by atoms with Gasteiger partial charge in [0.2, 0.25) is 12.2 Å². The Hall–Kier alpha value is -3.30. The van der Waals surface area contributed by atoms with Gasteiger partial charge in [-0.3, -0.25) is 9.69 Å². The van der Waals surface area contributed by atoms with Crippen LogP contribution >= 0.6 is 0 Å². The van der Waals surface area contributed by atoms with Gasteiger partial charge in [0, 0.05) is 43.9 Å². The summed E-state index contributed by atoms with van der Waals surface area (Å²) in [5.41, 5.74) is 2.48. The zero-order valence-electron chi connectivity index (χ0n) is 18.0. The summed E-state index contributed by atoms with van der Waals surface area (Å²) >= 11 is 0. The zero-order chi connectivity index (χ0) is 22.5. The second-order valence-electron chi connectivity index (χ2n) is 7.76. The molecule has 4 rings (SSSR count). The summed E-state index contributed by atoms with van der Waals surface area (Å²) in [7, 11) is 0. The number of carbonyl (C=O) groups is 1. The van der Waals surface area contributed by atoms with Crippen LogP contribution in [-0.2, 0) is 16.1 Å². The number of hydrogen-bond donors (Lipinski definition) is 1. The number of halogens is 1. The van der Waals surface area contributed by atoms with E-state index in [9.17, 15) is 14.4 Å². The van der Waals surface area contributed by atoms with Crippen LogP contribution in [0, 0.1) is 11.0 Å². The number of nitrogens with one attached hydrogen (secondary N) is 1. The van der Waals surface area contributed by atoms with Gasteiger partial charge in [-0.1, -0.05) is 0 Å².